The summed E-state index contributed by atoms with van der Waals surface area (Å²) in [6.45, 7) is 6.20. The Labute approximate surface area is 126 Å². The van der Waals surface area contributed by atoms with E-state index < -0.39 is 5.54 Å². The van der Waals surface area contributed by atoms with Crippen LogP contribution in [0.15, 0.2) is 18.2 Å². The summed E-state index contributed by atoms with van der Waals surface area (Å²) < 4.78 is 0. The number of anilines is 1. The minimum absolute atomic E-state index is 0.102. The molecule has 1 aliphatic carbocycles. The summed E-state index contributed by atoms with van der Waals surface area (Å²) in [5, 5.41) is 12.2. The maximum atomic E-state index is 12.2. The summed E-state index contributed by atoms with van der Waals surface area (Å²) in [7, 11) is 1.90. The van der Waals surface area contributed by atoms with Gasteiger partial charge in [-0.25, -0.2) is 0 Å². The SMILES string of the molecule is Cc1cccc(N(C)CC(=O)N[C@](C)(C#N)C2CC2)c1C. The summed E-state index contributed by atoms with van der Waals surface area (Å²) in [4.78, 5) is 14.2. The Morgan fingerprint density at radius 2 is 2.14 bits per heavy atom. The van der Waals surface area contributed by atoms with Gasteiger partial charge in [-0.1, -0.05) is 12.1 Å². The van der Waals surface area contributed by atoms with Gasteiger partial charge in [-0.3, -0.25) is 4.79 Å². The molecule has 0 bridgehead atoms. The molecule has 0 aromatic heterocycles. The number of hydrogen-bond donors (Lipinski definition) is 1. The van der Waals surface area contributed by atoms with E-state index in [0.717, 1.165) is 18.5 Å². The number of nitriles is 1. The van der Waals surface area contributed by atoms with Crippen molar-refractivity contribution in [3.8, 4) is 6.07 Å². The van der Waals surface area contributed by atoms with E-state index in [1.54, 1.807) is 0 Å². The van der Waals surface area contributed by atoms with E-state index in [2.05, 4.69) is 31.3 Å². The molecule has 1 saturated carbocycles. The molecular formula is C17H23N3O. The highest BCUT2D eigenvalue weighted by atomic mass is 16.2. The van der Waals surface area contributed by atoms with Crippen LogP contribution in [0.4, 0.5) is 5.69 Å². The molecule has 1 atom stereocenters. The maximum Gasteiger partial charge on any atom is 0.240 e. The van der Waals surface area contributed by atoms with E-state index in [0.29, 0.717) is 5.92 Å². The van der Waals surface area contributed by atoms with Crippen LogP contribution in [-0.2, 0) is 4.79 Å². The van der Waals surface area contributed by atoms with Gasteiger partial charge in [0.05, 0.1) is 12.6 Å². The first-order valence-electron chi connectivity index (χ1n) is 7.37. The van der Waals surface area contributed by atoms with Crippen LogP contribution in [0.2, 0.25) is 0 Å². The number of likely N-dealkylation sites (N-methyl/N-ethyl adjacent to an activating group) is 1. The van der Waals surface area contributed by atoms with E-state index in [1.165, 1.54) is 11.1 Å². The fourth-order valence-electron chi connectivity index (χ4n) is 2.66. The van der Waals surface area contributed by atoms with Crippen molar-refractivity contribution >= 4 is 11.6 Å². The quantitative estimate of drug-likeness (QED) is 0.904. The smallest absolute Gasteiger partial charge is 0.240 e. The molecular weight excluding hydrogens is 262 g/mol. The molecule has 112 valence electrons. The second-order valence-electron chi connectivity index (χ2n) is 6.21. The number of aryl methyl sites for hydroxylation is 1. The van der Waals surface area contributed by atoms with Gasteiger partial charge in [0.25, 0.3) is 0 Å². The van der Waals surface area contributed by atoms with Crippen molar-refractivity contribution < 1.29 is 4.79 Å². The van der Waals surface area contributed by atoms with Gasteiger partial charge in [-0.05, 0) is 56.7 Å². The first kappa shape index (κ1) is 15.4. The number of nitrogens with one attached hydrogen (secondary N) is 1. The lowest BCUT2D eigenvalue weighted by Gasteiger charge is -2.26. The van der Waals surface area contributed by atoms with E-state index in [-0.39, 0.29) is 12.5 Å². The van der Waals surface area contributed by atoms with Crippen LogP contribution in [0.5, 0.6) is 0 Å². The van der Waals surface area contributed by atoms with Crippen LogP contribution in [-0.4, -0.2) is 25.0 Å². The summed E-state index contributed by atoms with van der Waals surface area (Å²) >= 11 is 0. The molecule has 0 aliphatic heterocycles. The third-order valence-electron chi connectivity index (χ3n) is 4.39. The Balaban J connectivity index is 2.02. The second-order valence-corrected chi connectivity index (χ2v) is 6.21. The first-order valence-corrected chi connectivity index (χ1v) is 7.37. The second kappa shape index (κ2) is 5.77. The van der Waals surface area contributed by atoms with E-state index >= 15 is 0 Å². The van der Waals surface area contributed by atoms with Gasteiger partial charge in [0.2, 0.25) is 5.91 Å². The number of rotatable bonds is 5. The minimum Gasteiger partial charge on any atom is -0.365 e. The molecule has 0 heterocycles. The summed E-state index contributed by atoms with van der Waals surface area (Å²) in [6, 6.07) is 8.33. The number of carbonyl (C=O) groups excluding carboxylic acids is 1. The Bertz CT molecular complexity index is 586. The average Bonchev–Trinajstić information content (AvgIpc) is 3.26. The monoisotopic (exact) mass is 285 g/mol. The molecule has 0 spiro atoms. The van der Waals surface area contributed by atoms with Crippen molar-refractivity contribution in [2.45, 2.75) is 39.2 Å². The van der Waals surface area contributed by atoms with Crippen molar-refractivity contribution in [2.75, 3.05) is 18.5 Å². The van der Waals surface area contributed by atoms with Crippen molar-refractivity contribution in [2.24, 2.45) is 5.92 Å². The lowest BCUT2D eigenvalue weighted by atomic mass is 9.98. The number of nitrogens with zero attached hydrogens (tertiary/aromatic N) is 2. The molecule has 4 nitrogen and oxygen atoms in total. The van der Waals surface area contributed by atoms with Gasteiger partial charge in [0.1, 0.15) is 5.54 Å². The Hall–Kier alpha value is -2.02. The maximum absolute atomic E-state index is 12.2. The van der Waals surface area contributed by atoms with Gasteiger partial charge >= 0.3 is 0 Å². The van der Waals surface area contributed by atoms with Gasteiger partial charge in [-0.15, -0.1) is 0 Å². The van der Waals surface area contributed by atoms with Crippen molar-refractivity contribution in [3.05, 3.63) is 29.3 Å². The lowest BCUT2D eigenvalue weighted by Crippen LogP contribution is -2.49. The molecule has 4 heteroatoms. The summed E-state index contributed by atoms with van der Waals surface area (Å²) in [5.74, 6) is 0.201. The average molecular weight is 285 g/mol. The Morgan fingerprint density at radius 1 is 1.48 bits per heavy atom. The fraction of sp³-hybridized carbons (Fsp3) is 0.529. The highest BCUT2D eigenvalue weighted by Crippen LogP contribution is 2.39. The topological polar surface area (TPSA) is 56.1 Å². The predicted molar refractivity (Wildman–Crippen MR) is 84.1 cm³/mol. The molecule has 1 aliphatic rings. The highest BCUT2D eigenvalue weighted by Gasteiger charge is 2.43. The van der Waals surface area contributed by atoms with Crippen LogP contribution in [0, 0.1) is 31.1 Å². The van der Waals surface area contributed by atoms with Crippen molar-refractivity contribution in [3.63, 3.8) is 0 Å². The zero-order valence-electron chi connectivity index (χ0n) is 13.2. The van der Waals surface area contributed by atoms with Crippen molar-refractivity contribution in [1.82, 2.24) is 5.32 Å². The Morgan fingerprint density at radius 3 is 2.71 bits per heavy atom. The van der Waals surface area contributed by atoms with Crippen LogP contribution in [0.1, 0.15) is 30.9 Å². The number of hydrogen-bond acceptors (Lipinski definition) is 3. The van der Waals surface area contributed by atoms with Gasteiger partial charge in [0.15, 0.2) is 0 Å². The number of carbonyl (C=O) groups is 1. The molecule has 1 aromatic carbocycles. The molecule has 1 aromatic rings. The summed E-state index contributed by atoms with van der Waals surface area (Å²) in [6.07, 6.45) is 2.05. The van der Waals surface area contributed by atoms with Crippen LogP contribution >= 0.6 is 0 Å². The molecule has 1 amide bonds. The zero-order chi connectivity index (χ0) is 15.6. The molecule has 21 heavy (non-hydrogen) atoms. The normalized spacial score (nSPS) is 16.7. The van der Waals surface area contributed by atoms with E-state index in [9.17, 15) is 10.1 Å². The van der Waals surface area contributed by atoms with Crippen LogP contribution < -0.4 is 10.2 Å². The van der Waals surface area contributed by atoms with E-state index in [4.69, 9.17) is 0 Å². The van der Waals surface area contributed by atoms with E-state index in [1.807, 2.05) is 31.0 Å². The molecule has 1 fully saturated rings. The van der Waals surface area contributed by atoms with Crippen LogP contribution in [0.25, 0.3) is 0 Å². The molecule has 0 saturated heterocycles. The van der Waals surface area contributed by atoms with Crippen molar-refractivity contribution in [1.29, 1.82) is 5.26 Å². The van der Waals surface area contributed by atoms with Gasteiger partial charge in [0, 0.05) is 12.7 Å². The van der Waals surface area contributed by atoms with Gasteiger partial charge < -0.3 is 10.2 Å². The molecule has 1 N–H and O–H groups in total. The van der Waals surface area contributed by atoms with Crippen LogP contribution in [0.3, 0.4) is 0 Å². The summed E-state index contributed by atoms with van der Waals surface area (Å²) in [5.41, 5.74) is 2.72. The third-order valence-corrected chi connectivity index (χ3v) is 4.39. The fourth-order valence-corrected chi connectivity index (χ4v) is 2.66. The predicted octanol–water partition coefficient (Wildman–Crippen LogP) is 2.55. The zero-order valence-corrected chi connectivity index (χ0v) is 13.2. The Kier molecular flexibility index (Phi) is 4.22. The number of amides is 1. The van der Waals surface area contributed by atoms with Gasteiger partial charge in [-0.2, -0.15) is 5.26 Å². The highest BCUT2D eigenvalue weighted by molar-refractivity contribution is 5.82. The molecule has 0 unspecified atom stereocenters. The molecule has 0 radical (unpaired) electrons. The standard InChI is InChI=1S/C17H23N3O/c1-12-6-5-7-15(13(12)2)20(4)10-16(21)19-17(3,11-18)14-8-9-14/h5-7,14H,8-10H2,1-4H3,(H,19,21)/t17-/m1/s1. The lowest BCUT2D eigenvalue weighted by molar-refractivity contribution is -0.121. The number of benzene rings is 1. The largest absolute Gasteiger partial charge is 0.365 e. The minimum atomic E-state index is -0.723. The molecule has 2 rings (SSSR count). The third kappa shape index (κ3) is 3.36. The first-order chi connectivity index (χ1) is 9.87.